The average Bonchev–Trinajstić information content (AvgIpc) is 3.41. The number of hydrogen-bond donors (Lipinski definition) is 2. The van der Waals surface area contributed by atoms with Crippen LogP contribution in [-0.4, -0.2) is 43.2 Å². The lowest BCUT2D eigenvalue weighted by atomic mass is 10.3. The molecule has 30 heavy (non-hydrogen) atoms. The third-order valence-electron chi connectivity index (χ3n) is 3.64. The third kappa shape index (κ3) is 4.96. The van der Waals surface area contributed by atoms with Crippen LogP contribution in [0.4, 0.5) is 5.13 Å². The summed E-state index contributed by atoms with van der Waals surface area (Å²) in [6.07, 6.45) is 4.71. The molecule has 1 amide bonds. The molecule has 1 aromatic carbocycles. The molecule has 0 aliphatic carbocycles. The second kappa shape index (κ2) is 9.24. The summed E-state index contributed by atoms with van der Waals surface area (Å²) in [7, 11) is 1.61. The van der Waals surface area contributed by atoms with Gasteiger partial charge in [-0.2, -0.15) is 5.10 Å². The van der Waals surface area contributed by atoms with Crippen molar-refractivity contribution >= 4 is 45.9 Å². The Morgan fingerprint density at radius 2 is 1.97 bits per heavy atom. The lowest BCUT2D eigenvalue weighted by Crippen LogP contribution is -2.16. The molecule has 0 unspecified atom stereocenters. The van der Waals surface area contributed by atoms with Crippen LogP contribution in [-0.2, 0) is 0 Å². The van der Waals surface area contributed by atoms with Gasteiger partial charge in [-0.1, -0.05) is 11.8 Å². The number of H-pyrrole nitrogens is 1. The van der Waals surface area contributed by atoms with E-state index in [0.717, 1.165) is 15.5 Å². The van der Waals surface area contributed by atoms with E-state index in [1.54, 1.807) is 19.5 Å². The number of carbonyl (C=O) groups excluding carboxylic acids is 1. The molecule has 9 nitrogen and oxygen atoms in total. The van der Waals surface area contributed by atoms with Gasteiger partial charge in [0.2, 0.25) is 0 Å². The van der Waals surface area contributed by atoms with Gasteiger partial charge in [0.1, 0.15) is 22.1 Å². The Hall–Kier alpha value is -2.96. The van der Waals surface area contributed by atoms with Gasteiger partial charge in [0.15, 0.2) is 16.0 Å². The van der Waals surface area contributed by atoms with Crippen molar-refractivity contribution in [3.05, 3.63) is 53.6 Å². The fourth-order valence-corrected chi connectivity index (χ4v) is 4.43. The number of nitrogens with one attached hydrogen (secondary N) is 2. The minimum atomic E-state index is -0.382. The second-order valence-corrected chi connectivity index (χ2v) is 9.07. The monoisotopic (exact) mass is 457 g/mol. The zero-order valence-corrected chi connectivity index (χ0v) is 18.3. The predicted molar refractivity (Wildman–Crippen MR) is 114 cm³/mol. The number of rotatable bonds is 7. The van der Waals surface area contributed by atoms with Crippen LogP contribution < -0.4 is 10.1 Å². The van der Waals surface area contributed by atoms with Crippen molar-refractivity contribution in [3.8, 4) is 5.75 Å². The summed E-state index contributed by atoms with van der Waals surface area (Å²) in [6.45, 7) is 1.92. The Bertz CT molecular complexity index is 1150. The Labute approximate surface area is 184 Å². The van der Waals surface area contributed by atoms with E-state index >= 15 is 0 Å². The van der Waals surface area contributed by atoms with Gasteiger partial charge in [-0.05, 0) is 43.0 Å². The predicted octanol–water partition coefficient (Wildman–Crippen LogP) is 3.92. The van der Waals surface area contributed by atoms with Crippen LogP contribution in [0.1, 0.15) is 15.4 Å². The number of aromatic amines is 1. The van der Waals surface area contributed by atoms with Crippen LogP contribution in [0.3, 0.4) is 0 Å². The molecule has 152 valence electrons. The van der Waals surface area contributed by atoms with Crippen molar-refractivity contribution < 1.29 is 9.53 Å². The standard InChI is InChI=1S/C18H15N7O2S3/c1-10-7-20-17(28-10)24-15(26)14-16(29-12-5-3-11(27-2)4-6-12)19-8-13(23-14)30-18-21-9-22-25-18/h3-9H,1-2H3,(H,20,24,26)(H,21,22,25). The molecule has 0 aliphatic rings. The van der Waals surface area contributed by atoms with Crippen LogP contribution >= 0.6 is 34.9 Å². The number of aryl methyl sites for hydroxylation is 1. The van der Waals surface area contributed by atoms with E-state index in [2.05, 4.69) is 35.5 Å². The smallest absolute Gasteiger partial charge is 0.278 e. The lowest BCUT2D eigenvalue weighted by molar-refractivity contribution is 0.101. The molecule has 0 spiro atoms. The van der Waals surface area contributed by atoms with Gasteiger partial charge in [-0.25, -0.2) is 19.9 Å². The maximum atomic E-state index is 13.0. The van der Waals surface area contributed by atoms with Crippen molar-refractivity contribution in [1.29, 1.82) is 0 Å². The second-order valence-electron chi connectivity index (χ2n) is 5.76. The molecule has 4 aromatic rings. The molecule has 12 heteroatoms. The number of thiazole rings is 1. The topological polar surface area (TPSA) is 119 Å². The Balaban J connectivity index is 1.63. The summed E-state index contributed by atoms with van der Waals surface area (Å²) in [5.41, 5.74) is 0.202. The number of amides is 1. The van der Waals surface area contributed by atoms with E-state index in [4.69, 9.17) is 4.74 Å². The number of carbonyl (C=O) groups is 1. The molecule has 0 saturated heterocycles. The zero-order chi connectivity index (χ0) is 20.9. The summed E-state index contributed by atoms with van der Waals surface area (Å²) < 4.78 is 5.19. The first-order chi connectivity index (χ1) is 14.6. The number of nitrogens with zero attached hydrogens (tertiary/aromatic N) is 5. The van der Waals surface area contributed by atoms with Crippen LogP contribution in [0.25, 0.3) is 0 Å². The number of benzene rings is 1. The van der Waals surface area contributed by atoms with E-state index in [9.17, 15) is 4.79 Å². The van der Waals surface area contributed by atoms with E-state index in [1.807, 2.05) is 31.2 Å². The summed E-state index contributed by atoms with van der Waals surface area (Å²) in [5.74, 6) is 0.370. The molecule has 0 saturated carbocycles. The van der Waals surface area contributed by atoms with E-state index < -0.39 is 0 Å². The van der Waals surface area contributed by atoms with Gasteiger partial charge in [0.05, 0.1) is 13.3 Å². The molecule has 2 N–H and O–H groups in total. The molecule has 3 aromatic heterocycles. The number of methoxy groups -OCH3 is 1. The highest BCUT2D eigenvalue weighted by atomic mass is 32.2. The Morgan fingerprint density at radius 3 is 2.63 bits per heavy atom. The quantitative estimate of drug-likeness (QED) is 0.425. The molecule has 0 fully saturated rings. The fourth-order valence-electron chi connectivity index (χ4n) is 2.30. The third-order valence-corrected chi connectivity index (χ3v) is 6.27. The SMILES string of the molecule is COc1ccc(Sc2ncc(Sc3ncn[nH]3)nc2C(=O)Nc2ncc(C)s2)cc1. The van der Waals surface area contributed by atoms with Crippen molar-refractivity contribution in [1.82, 2.24) is 30.1 Å². The van der Waals surface area contributed by atoms with Gasteiger partial charge in [-0.3, -0.25) is 15.2 Å². The summed E-state index contributed by atoms with van der Waals surface area (Å²) >= 11 is 3.97. The molecule has 0 atom stereocenters. The minimum absolute atomic E-state index is 0.202. The zero-order valence-electron chi connectivity index (χ0n) is 15.8. The molecule has 0 radical (unpaired) electrons. The first kappa shape index (κ1) is 20.3. The van der Waals surface area contributed by atoms with Gasteiger partial charge in [-0.15, -0.1) is 11.3 Å². The molecular formula is C18H15N7O2S3. The van der Waals surface area contributed by atoms with E-state index in [0.29, 0.717) is 20.3 Å². The van der Waals surface area contributed by atoms with Crippen molar-refractivity contribution in [2.24, 2.45) is 0 Å². The number of aromatic nitrogens is 6. The summed E-state index contributed by atoms with van der Waals surface area (Å²) in [6, 6.07) is 7.49. The molecule has 4 rings (SSSR count). The molecule has 3 heterocycles. The van der Waals surface area contributed by atoms with Crippen LogP contribution in [0.15, 0.2) is 63.1 Å². The Kier molecular flexibility index (Phi) is 6.26. The number of hydrogen-bond acceptors (Lipinski definition) is 10. The van der Waals surface area contributed by atoms with E-state index in [-0.39, 0.29) is 11.6 Å². The minimum Gasteiger partial charge on any atom is -0.497 e. The number of anilines is 1. The van der Waals surface area contributed by atoms with Crippen LogP contribution in [0.5, 0.6) is 5.75 Å². The maximum Gasteiger partial charge on any atom is 0.278 e. The highest BCUT2D eigenvalue weighted by molar-refractivity contribution is 7.99. The molecule has 0 bridgehead atoms. The van der Waals surface area contributed by atoms with Crippen molar-refractivity contribution in [2.45, 2.75) is 27.0 Å². The lowest BCUT2D eigenvalue weighted by Gasteiger charge is -2.09. The first-order valence-electron chi connectivity index (χ1n) is 8.56. The normalized spacial score (nSPS) is 10.7. The fraction of sp³-hybridized carbons (Fsp3) is 0.111. The molecule has 0 aliphatic heterocycles. The van der Waals surface area contributed by atoms with Gasteiger partial charge in [0.25, 0.3) is 5.91 Å². The largest absolute Gasteiger partial charge is 0.497 e. The average molecular weight is 458 g/mol. The highest BCUT2D eigenvalue weighted by Crippen LogP contribution is 2.32. The van der Waals surface area contributed by atoms with Gasteiger partial charge in [0, 0.05) is 16.0 Å². The van der Waals surface area contributed by atoms with Crippen LogP contribution in [0.2, 0.25) is 0 Å². The Morgan fingerprint density at radius 1 is 1.13 bits per heavy atom. The first-order valence-corrected chi connectivity index (χ1v) is 11.0. The highest BCUT2D eigenvalue weighted by Gasteiger charge is 2.19. The van der Waals surface area contributed by atoms with Gasteiger partial charge >= 0.3 is 0 Å². The maximum absolute atomic E-state index is 13.0. The number of ether oxygens (including phenoxy) is 1. The molecular weight excluding hydrogens is 442 g/mol. The van der Waals surface area contributed by atoms with Crippen molar-refractivity contribution in [2.75, 3.05) is 12.4 Å². The van der Waals surface area contributed by atoms with Crippen LogP contribution in [0, 0.1) is 6.92 Å². The van der Waals surface area contributed by atoms with Gasteiger partial charge < -0.3 is 4.74 Å². The van der Waals surface area contributed by atoms with Crippen molar-refractivity contribution in [3.63, 3.8) is 0 Å². The summed E-state index contributed by atoms with van der Waals surface area (Å²) in [4.78, 5) is 32.1. The summed E-state index contributed by atoms with van der Waals surface area (Å²) in [5, 5.41) is 11.4. The van der Waals surface area contributed by atoms with E-state index in [1.165, 1.54) is 41.2 Å².